The van der Waals surface area contributed by atoms with Crippen LogP contribution in [0.25, 0.3) is 0 Å². The maximum Gasteiger partial charge on any atom is -0.0348 e. The molecule has 0 nitrogen and oxygen atoms in total. The molecule has 0 heteroatoms. The van der Waals surface area contributed by atoms with Crippen molar-refractivity contribution in [2.75, 3.05) is 0 Å². The fourth-order valence-electron chi connectivity index (χ4n) is 4.41. The van der Waals surface area contributed by atoms with Crippen molar-refractivity contribution >= 4 is 0 Å². The van der Waals surface area contributed by atoms with Gasteiger partial charge in [-0.1, -0.05) is 143 Å². The summed E-state index contributed by atoms with van der Waals surface area (Å²) in [5, 5.41) is 0. The fraction of sp³-hybridized carbons (Fsp3) is 0.929. The second kappa shape index (κ2) is 23.0. The molecule has 1 atom stereocenters. The van der Waals surface area contributed by atoms with E-state index in [2.05, 4.69) is 39.8 Å². The average Bonchev–Trinajstić information content (AvgIpc) is 2.67. The summed E-state index contributed by atoms with van der Waals surface area (Å²) in [7, 11) is 0. The van der Waals surface area contributed by atoms with Crippen LogP contribution in [0.3, 0.4) is 0 Å². The summed E-state index contributed by atoms with van der Waals surface area (Å²) in [4.78, 5) is 0. The summed E-state index contributed by atoms with van der Waals surface area (Å²) >= 11 is 0. The molecule has 0 aliphatic carbocycles. The predicted molar refractivity (Wildman–Crippen MR) is 131 cm³/mol. The van der Waals surface area contributed by atoms with Gasteiger partial charge in [-0.2, -0.15) is 0 Å². The van der Waals surface area contributed by atoms with Crippen molar-refractivity contribution in [1.82, 2.24) is 0 Å². The van der Waals surface area contributed by atoms with Gasteiger partial charge in [0.2, 0.25) is 0 Å². The highest BCUT2D eigenvalue weighted by Crippen LogP contribution is 2.24. The zero-order valence-corrected chi connectivity index (χ0v) is 20.5. The number of hydrogen-bond acceptors (Lipinski definition) is 0. The van der Waals surface area contributed by atoms with Crippen LogP contribution in [0.4, 0.5) is 0 Å². The van der Waals surface area contributed by atoms with Crippen molar-refractivity contribution in [2.45, 2.75) is 156 Å². The largest absolute Gasteiger partial charge is 0.0885 e. The molecule has 0 aliphatic rings. The minimum Gasteiger partial charge on any atom is -0.0885 e. The second-order valence-corrected chi connectivity index (χ2v) is 9.72. The highest BCUT2D eigenvalue weighted by atomic mass is 14.2. The molecule has 0 saturated heterocycles. The molecule has 0 aromatic rings. The monoisotopic (exact) mass is 392 g/mol. The van der Waals surface area contributed by atoms with Gasteiger partial charge >= 0.3 is 0 Å². The normalized spacial score (nSPS) is 13.0. The Morgan fingerprint density at radius 3 is 1.43 bits per heavy atom. The number of allylic oxidation sites excluding steroid dienone is 2. The van der Waals surface area contributed by atoms with Crippen LogP contribution in [0.1, 0.15) is 156 Å². The van der Waals surface area contributed by atoms with E-state index < -0.39 is 0 Å². The van der Waals surface area contributed by atoms with Gasteiger partial charge in [0.25, 0.3) is 0 Å². The van der Waals surface area contributed by atoms with E-state index in [0.717, 1.165) is 11.8 Å². The third kappa shape index (κ3) is 22.0. The number of unbranched alkanes of at least 4 members (excludes halogenated alkanes) is 14. The summed E-state index contributed by atoms with van der Waals surface area (Å²) in [5.41, 5.74) is 0. The van der Waals surface area contributed by atoms with E-state index in [1.54, 1.807) is 0 Å². The first-order chi connectivity index (χ1) is 13.7. The second-order valence-electron chi connectivity index (χ2n) is 9.72. The Hall–Kier alpha value is -0.260. The molecule has 0 rings (SSSR count). The summed E-state index contributed by atoms with van der Waals surface area (Å²) in [6.45, 7) is 9.36. The van der Waals surface area contributed by atoms with Crippen molar-refractivity contribution in [3.05, 3.63) is 12.2 Å². The Bertz CT molecular complexity index is 301. The lowest BCUT2D eigenvalue weighted by Gasteiger charge is -2.18. The molecule has 0 fully saturated rings. The number of hydrogen-bond donors (Lipinski definition) is 0. The van der Waals surface area contributed by atoms with Crippen molar-refractivity contribution in [2.24, 2.45) is 11.8 Å². The van der Waals surface area contributed by atoms with Gasteiger partial charge in [-0.3, -0.25) is 0 Å². The highest BCUT2D eigenvalue weighted by Gasteiger charge is 2.10. The summed E-state index contributed by atoms with van der Waals surface area (Å²) in [6, 6.07) is 0. The molecule has 0 amide bonds. The van der Waals surface area contributed by atoms with Crippen LogP contribution in [0.2, 0.25) is 0 Å². The van der Waals surface area contributed by atoms with E-state index in [-0.39, 0.29) is 0 Å². The van der Waals surface area contributed by atoms with Crippen LogP contribution < -0.4 is 0 Å². The van der Waals surface area contributed by atoms with Gasteiger partial charge in [-0.25, -0.2) is 0 Å². The molecule has 28 heavy (non-hydrogen) atoms. The zero-order valence-electron chi connectivity index (χ0n) is 20.5. The van der Waals surface area contributed by atoms with E-state index in [4.69, 9.17) is 0 Å². The third-order valence-corrected chi connectivity index (χ3v) is 6.13. The first-order valence-corrected chi connectivity index (χ1v) is 13.4. The minimum absolute atomic E-state index is 0.858. The zero-order chi connectivity index (χ0) is 20.7. The molecule has 0 heterocycles. The van der Waals surface area contributed by atoms with Crippen molar-refractivity contribution in [3.63, 3.8) is 0 Å². The van der Waals surface area contributed by atoms with Crippen LogP contribution in [-0.2, 0) is 0 Å². The molecule has 1 unspecified atom stereocenters. The topological polar surface area (TPSA) is 0 Å². The van der Waals surface area contributed by atoms with Crippen molar-refractivity contribution < 1.29 is 0 Å². The minimum atomic E-state index is 0.858. The molecular formula is C28H56. The Morgan fingerprint density at radius 1 is 0.500 bits per heavy atom. The van der Waals surface area contributed by atoms with Gasteiger partial charge in [-0.05, 0) is 37.5 Å². The molecule has 0 spiro atoms. The molecular weight excluding hydrogens is 336 g/mol. The van der Waals surface area contributed by atoms with Gasteiger partial charge in [0, 0.05) is 0 Å². The van der Waals surface area contributed by atoms with E-state index in [1.807, 2.05) is 0 Å². The van der Waals surface area contributed by atoms with Crippen molar-refractivity contribution in [3.8, 4) is 0 Å². The number of rotatable bonds is 22. The Balaban J connectivity index is 3.48. The van der Waals surface area contributed by atoms with Gasteiger partial charge in [0.1, 0.15) is 0 Å². The quantitative estimate of drug-likeness (QED) is 0.127. The molecule has 0 N–H and O–H groups in total. The fourth-order valence-corrected chi connectivity index (χ4v) is 4.41. The van der Waals surface area contributed by atoms with E-state index in [0.29, 0.717) is 0 Å². The lowest BCUT2D eigenvalue weighted by molar-refractivity contribution is 0.352. The Kier molecular flexibility index (Phi) is 22.8. The summed E-state index contributed by atoms with van der Waals surface area (Å²) < 4.78 is 0. The SMILES string of the molecule is CCCC=CCCC(CCCCCCCCCCCCCCCC)CC(C)C. The van der Waals surface area contributed by atoms with Gasteiger partial charge in [0.05, 0.1) is 0 Å². The van der Waals surface area contributed by atoms with Gasteiger partial charge in [-0.15, -0.1) is 0 Å². The standard InChI is InChI=1S/C28H56/c1-5-7-9-11-12-13-14-15-16-17-18-19-21-23-25-28(26-27(3)4)24-22-20-10-8-6-2/h10,20,27-28H,5-9,11-19,21-26H2,1-4H3. The molecule has 0 aliphatic heterocycles. The predicted octanol–water partition coefficient (Wildman–Crippen LogP) is 10.7. The first kappa shape index (κ1) is 27.7. The van der Waals surface area contributed by atoms with E-state index in [1.165, 1.54) is 128 Å². The van der Waals surface area contributed by atoms with Crippen LogP contribution in [0.5, 0.6) is 0 Å². The van der Waals surface area contributed by atoms with Crippen molar-refractivity contribution in [1.29, 1.82) is 0 Å². The Morgan fingerprint density at radius 2 is 0.964 bits per heavy atom. The smallest absolute Gasteiger partial charge is 0.0348 e. The van der Waals surface area contributed by atoms with Crippen LogP contribution >= 0.6 is 0 Å². The Labute approximate surface area is 180 Å². The summed E-state index contributed by atoms with van der Waals surface area (Å²) in [5.74, 6) is 1.82. The average molecular weight is 393 g/mol. The van der Waals surface area contributed by atoms with Crippen LogP contribution in [-0.4, -0.2) is 0 Å². The lowest BCUT2D eigenvalue weighted by atomic mass is 9.88. The lowest BCUT2D eigenvalue weighted by Crippen LogP contribution is -2.04. The molecule has 0 aromatic carbocycles. The first-order valence-electron chi connectivity index (χ1n) is 13.4. The van der Waals surface area contributed by atoms with Crippen LogP contribution in [0, 0.1) is 11.8 Å². The van der Waals surface area contributed by atoms with E-state index >= 15 is 0 Å². The molecule has 0 bridgehead atoms. The maximum atomic E-state index is 2.43. The van der Waals surface area contributed by atoms with E-state index in [9.17, 15) is 0 Å². The van der Waals surface area contributed by atoms with Gasteiger partial charge in [0.15, 0.2) is 0 Å². The molecule has 0 saturated carbocycles. The maximum absolute atomic E-state index is 2.43. The third-order valence-electron chi connectivity index (χ3n) is 6.13. The summed E-state index contributed by atoms with van der Waals surface area (Å²) in [6.07, 6.45) is 33.5. The van der Waals surface area contributed by atoms with Gasteiger partial charge < -0.3 is 0 Å². The molecule has 168 valence electrons. The molecule has 0 aromatic heterocycles. The van der Waals surface area contributed by atoms with Crippen LogP contribution in [0.15, 0.2) is 12.2 Å². The molecule has 0 radical (unpaired) electrons. The highest BCUT2D eigenvalue weighted by molar-refractivity contribution is 4.82.